The molecule has 1 rings (SSSR count). The monoisotopic (exact) mass is 289 g/mol. The first-order valence-corrected chi connectivity index (χ1v) is 6.81. The Morgan fingerprint density at radius 1 is 1.42 bits per heavy atom. The Labute approximate surface area is 110 Å². The molecule has 0 fully saturated rings. The number of carbonyl (C=O) groups is 2. The summed E-state index contributed by atoms with van der Waals surface area (Å²) in [4.78, 5) is 22.4. The molecule has 0 aliphatic carbocycles. The van der Waals surface area contributed by atoms with Crippen LogP contribution in [0.25, 0.3) is 0 Å². The molecule has 0 saturated carbocycles. The zero-order chi connectivity index (χ0) is 14.8. The number of hydrogen-bond acceptors (Lipinski definition) is 4. The van der Waals surface area contributed by atoms with Crippen LogP contribution in [-0.2, 0) is 21.9 Å². The van der Waals surface area contributed by atoms with Crippen molar-refractivity contribution in [2.75, 3.05) is 7.05 Å². The highest BCUT2D eigenvalue weighted by Gasteiger charge is 2.21. The van der Waals surface area contributed by atoms with Gasteiger partial charge >= 0.3 is 5.97 Å². The van der Waals surface area contributed by atoms with Crippen LogP contribution in [-0.4, -0.2) is 43.1 Å². The lowest BCUT2D eigenvalue weighted by atomic mass is 10.3. The van der Waals surface area contributed by atoms with Crippen molar-refractivity contribution >= 4 is 21.9 Å². The predicted octanol–water partition coefficient (Wildman–Crippen LogP) is -0.864. The summed E-state index contributed by atoms with van der Waals surface area (Å²) >= 11 is 0. The van der Waals surface area contributed by atoms with Crippen molar-refractivity contribution in [3.05, 3.63) is 18.0 Å². The molecule has 1 aromatic heterocycles. The van der Waals surface area contributed by atoms with Gasteiger partial charge in [0.1, 0.15) is 16.6 Å². The molecule has 1 aromatic rings. The molecule has 0 spiro atoms. The highest BCUT2D eigenvalue weighted by molar-refractivity contribution is 7.89. The zero-order valence-corrected chi connectivity index (χ0v) is 11.5. The molecule has 0 aliphatic rings. The van der Waals surface area contributed by atoms with E-state index in [-0.39, 0.29) is 10.6 Å². The fourth-order valence-corrected chi connectivity index (χ4v) is 2.16. The minimum absolute atomic E-state index is 0.0573. The van der Waals surface area contributed by atoms with Crippen LogP contribution in [0.3, 0.4) is 0 Å². The second-order valence-electron chi connectivity index (χ2n) is 3.91. The highest BCUT2D eigenvalue weighted by Crippen LogP contribution is 2.13. The number of carbonyl (C=O) groups excluding carboxylic acids is 1. The highest BCUT2D eigenvalue weighted by atomic mass is 32.2. The second kappa shape index (κ2) is 5.41. The molecule has 0 radical (unpaired) electrons. The van der Waals surface area contributed by atoms with Crippen LogP contribution in [0.2, 0.25) is 0 Å². The predicted molar refractivity (Wildman–Crippen MR) is 66.2 cm³/mol. The third-order valence-corrected chi connectivity index (χ3v) is 3.89. The quantitative estimate of drug-likeness (QED) is 0.651. The van der Waals surface area contributed by atoms with E-state index in [9.17, 15) is 18.0 Å². The Morgan fingerprint density at radius 2 is 2.00 bits per heavy atom. The van der Waals surface area contributed by atoms with Gasteiger partial charge < -0.3 is 15.0 Å². The van der Waals surface area contributed by atoms with Gasteiger partial charge in [-0.05, 0) is 20.0 Å². The van der Waals surface area contributed by atoms with Gasteiger partial charge in [0.05, 0.1) is 0 Å². The number of nitrogens with zero attached hydrogens (tertiary/aromatic N) is 1. The number of aryl methyl sites for hydroxylation is 1. The lowest BCUT2D eigenvalue weighted by Gasteiger charge is -2.09. The standard InChI is InChI=1S/C10H15N3O5S/c1-6(10(15)16)12-9(14)8-4-7(5-13(8)3)19(17,18)11-2/h4-6,11H,1-3H3,(H,12,14)(H,15,16). The molecule has 0 aromatic carbocycles. The van der Waals surface area contributed by atoms with E-state index in [2.05, 4.69) is 10.0 Å². The molecule has 1 atom stereocenters. The molecule has 1 unspecified atom stereocenters. The zero-order valence-electron chi connectivity index (χ0n) is 10.7. The molecule has 1 heterocycles. The van der Waals surface area contributed by atoms with Crippen molar-refractivity contribution in [1.82, 2.24) is 14.6 Å². The first-order chi connectivity index (χ1) is 8.69. The Balaban J connectivity index is 3.03. The van der Waals surface area contributed by atoms with Gasteiger partial charge in [-0.1, -0.05) is 0 Å². The van der Waals surface area contributed by atoms with Crippen LogP contribution >= 0.6 is 0 Å². The van der Waals surface area contributed by atoms with Gasteiger partial charge in [0.2, 0.25) is 10.0 Å². The smallest absolute Gasteiger partial charge is 0.325 e. The van der Waals surface area contributed by atoms with Crippen molar-refractivity contribution < 1.29 is 23.1 Å². The van der Waals surface area contributed by atoms with E-state index in [1.165, 1.54) is 37.8 Å². The summed E-state index contributed by atoms with van der Waals surface area (Å²) in [5, 5.41) is 10.9. The Hall–Kier alpha value is -1.87. The molecule has 8 nitrogen and oxygen atoms in total. The third kappa shape index (κ3) is 3.32. The van der Waals surface area contributed by atoms with Gasteiger partial charge in [-0.15, -0.1) is 0 Å². The maximum Gasteiger partial charge on any atom is 0.325 e. The number of carboxylic acid groups (broad SMARTS) is 1. The van der Waals surface area contributed by atoms with E-state index in [0.29, 0.717) is 0 Å². The summed E-state index contributed by atoms with van der Waals surface area (Å²) in [7, 11) is -0.892. The lowest BCUT2D eigenvalue weighted by Crippen LogP contribution is -2.39. The number of rotatable bonds is 5. The van der Waals surface area contributed by atoms with Gasteiger partial charge in [0, 0.05) is 13.2 Å². The summed E-state index contributed by atoms with van der Waals surface area (Å²) < 4.78 is 26.6. The molecule has 0 bridgehead atoms. The first-order valence-electron chi connectivity index (χ1n) is 5.32. The SMILES string of the molecule is CNS(=O)(=O)c1cc(C(=O)NC(C)C(=O)O)n(C)c1. The normalized spacial score (nSPS) is 13.0. The Bertz CT molecular complexity index is 605. The number of amides is 1. The second-order valence-corrected chi connectivity index (χ2v) is 5.80. The minimum atomic E-state index is -3.65. The van der Waals surface area contributed by atoms with Crippen LogP contribution in [0.15, 0.2) is 17.2 Å². The Morgan fingerprint density at radius 3 is 2.47 bits per heavy atom. The maximum atomic E-state index is 11.8. The number of aromatic nitrogens is 1. The first kappa shape index (κ1) is 15.2. The summed E-state index contributed by atoms with van der Waals surface area (Å²) in [5.74, 6) is -1.83. The molecular weight excluding hydrogens is 274 g/mol. The largest absolute Gasteiger partial charge is 0.480 e. The van der Waals surface area contributed by atoms with Gasteiger partial charge in [-0.3, -0.25) is 9.59 Å². The molecule has 0 saturated heterocycles. The van der Waals surface area contributed by atoms with Crippen LogP contribution in [0.5, 0.6) is 0 Å². The Kier molecular flexibility index (Phi) is 4.32. The molecule has 106 valence electrons. The average molecular weight is 289 g/mol. The van der Waals surface area contributed by atoms with Crippen molar-refractivity contribution in [3.8, 4) is 0 Å². The maximum absolute atomic E-state index is 11.8. The van der Waals surface area contributed by atoms with E-state index in [0.717, 1.165) is 0 Å². The number of carboxylic acids is 1. The molecular formula is C10H15N3O5S. The van der Waals surface area contributed by atoms with Crippen molar-refractivity contribution in [1.29, 1.82) is 0 Å². The van der Waals surface area contributed by atoms with Gasteiger partial charge in [-0.2, -0.15) is 0 Å². The van der Waals surface area contributed by atoms with Crippen LogP contribution < -0.4 is 10.0 Å². The van der Waals surface area contributed by atoms with E-state index in [4.69, 9.17) is 5.11 Å². The third-order valence-electron chi connectivity index (χ3n) is 2.51. The fraction of sp³-hybridized carbons (Fsp3) is 0.400. The van der Waals surface area contributed by atoms with E-state index in [1.54, 1.807) is 0 Å². The fourth-order valence-electron chi connectivity index (χ4n) is 1.36. The summed E-state index contributed by atoms with van der Waals surface area (Å²) in [6.45, 7) is 1.31. The average Bonchev–Trinajstić information content (AvgIpc) is 2.71. The van der Waals surface area contributed by atoms with Gasteiger partial charge in [-0.25, -0.2) is 13.1 Å². The molecule has 0 aliphatic heterocycles. The number of hydrogen-bond donors (Lipinski definition) is 3. The number of nitrogens with one attached hydrogen (secondary N) is 2. The van der Waals surface area contributed by atoms with Gasteiger partial charge in [0.25, 0.3) is 5.91 Å². The number of aliphatic carboxylic acids is 1. The van der Waals surface area contributed by atoms with E-state index >= 15 is 0 Å². The van der Waals surface area contributed by atoms with Crippen molar-refractivity contribution in [2.24, 2.45) is 7.05 Å². The lowest BCUT2D eigenvalue weighted by molar-refractivity contribution is -0.138. The minimum Gasteiger partial charge on any atom is -0.480 e. The molecule has 1 amide bonds. The van der Waals surface area contributed by atoms with E-state index < -0.39 is 27.9 Å². The summed E-state index contributed by atoms with van der Waals surface area (Å²) in [5.41, 5.74) is 0.0573. The van der Waals surface area contributed by atoms with Gasteiger partial charge in [0.15, 0.2) is 0 Å². The number of sulfonamides is 1. The molecule has 3 N–H and O–H groups in total. The van der Waals surface area contributed by atoms with Crippen molar-refractivity contribution in [3.63, 3.8) is 0 Å². The van der Waals surface area contributed by atoms with Crippen LogP contribution in [0.4, 0.5) is 0 Å². The molecule has 19 heavy (non-hydrogen) atoms. The summed E-state index contributed by atoms with van der Waals surface area (Å²) in [6, 6.07) is 0.113. The molecule has 9 heteroatoms. The summed E-state index contributed by atoms with van der Waals surface area (Å²) in [6.07, 6.45) is 1.27. The van der Waals surface area contributed by atoms with Crippen LogP contribution in [0.1, 0.15) is 17.4 Å². The van der Waals surface area contributed by atoms with Crippen molar-refractivity contribution in [2.45, 2.75) is 17.9 Å². The van der Waals surface area contributed by atoms with E-state index in [1.807, 2.05) is 0 Å². The van der Waals surface area contributed by atoms with Crippen LogP contribution in [0, 0.1) is 0 Å². The topological polar surface area (TPSA) is 118 Å².